The molecule has 0 aliphatic rings. The van der Waals surface area contributed by atoms with Crippen LogP contribution in [0.4, 0.5) is 5.82 Å². The van der Waals surface area contributed by atoms with Crippen LogP contribution in [-0.2, 0) is 28.4 Å². The molecule has 44 heavy (non-hydrogen) atoms. The minimum Gasteiger partial charge on any atom is -0.383 e. The first-order chi connectivity index (χ1) is 20.2. The lowest BCUT2D eigenvalue weighted by Gasteiger charge is -2.24. The SMILES string of the molecule is C.C.CCC(CC)O[C@H](COCCOC)n1ccc(=O)[nH]c1=O.CCC(CC)O[C@H](COCCOC)n1ccc(N)nc1=O. The molecule has 0 spiro atoms. The molecule has 0 aliphatic carbocycles. The number of hydrogen-bond acceptors (Lipinski definition) is 11. The van der Waals surface area contributed by atoms with Crippen LogP contribution in [0.2, 0.25) is 0 Å². The standard InChI is InChI=1S/C14H25N3O4.C14H24N2O5.2CH4/c1-4-11(5-2)21-13(10-20-9-8-19-3)17-7-6-12(15)16-14(17)18;1-4-11(5-2)21-13(10-20-9-8-19-3)16-7-6-12(17)15-14(16)18;;/h6-7,11,13H,4-5,8-10H2,1-3H3,(H2,15,16,18);6-7,11,13H,4-5,8-10H2,1-3H3,(H,15,17,18);2*1H4/t2*13-;;/m11../s1. The fourth-order valence-electron chi connectivity index (χ4n) is 3.73. The highest BCUT2D eigenvalue weighted by atomic mass is 16.6. The van der Waals surface area contributed by atoms with Gasteiger partial charge in [0.25, 0.3) is 5.56 Å². The van der Waals surface area contributed by atoms with E-state index in [4.69, 9.17) is 34.2 Å². The van der Waals surface area contributed by atoms with Crippen molar-refractivity contribution in [2.24, 2.45) is 0 Å². The summed E-state index contributed by atoms with van der Waals surface area (Å²) in [6.07, 6.45) is 5.40. The number of H-pyrrole nitrogens is 1. The maximum absolute atomic E-state index is 11.9. The normalized spacial score (nSPS) is 12.2. The number of nitrogens with two attached hydrogens (primary N) is 1. The van der Waals surface area contributed by atoms with E-state index >= 15 is 0 Å². The van der Waals surface area contributed by atoms with Gasteiger partial charge in [0, 0.05) is 32.7 Å². The van der Waals surface area contributed by atoms with Gasteiger partial charge in [0.1, 0.15) is 5.82 Å². The lowest BCUT2D eigenvalue weighted by Crippen LogP contribution is -2.36. The highest BCUT2D eigenvalue weighted by Gasteiger charge is 2.19. The van der Waals surface area contributed by atoms with Gasteiger partial charge in [-0.3, -0.25) is 18.9 Å². The Balaban J connectivity index is 0. The average molecular weight is 632 g/mol. The molecule has 0 fully saturated rings. The van der Waals surface area contributed by atoms with Crippen LogP contribution in [0.1, 0.15) is 80.7 Å². The topological polar surface area (TPSA) is 171 Å². The molecule has 2 heterocycles. The maximum Gasteiger partial charge on any atom is 0.351 e. The zero-order valence-electron chi connectivity index (χ0n) is 25.8. The van der Waals surface area contributed by atoms with E-state index in [1.807, 2.05) is 27.7 Å². The summed E-state index contributed by atoms with van der Waals surface area (Å²) in [5.41, 5.74) is 4.13. The van der Waals surface area contributed by atoms with Gasteiger partial charge in [-0.25, -0.2) is 9.59 Å². The number of nitrogens with one attached hydrogen (secondary N) is 1. The van der Waals surface area contributed by atoms with Crippen molar-refractivity contribution < 1.29 is 28.4 Å². The first-order valence-electron chi connectivity index (χ1n) is 14.3. The summed E-state index contributed by atoms with van der Waals surface area (Å²) in [5.74, 6) is 0.192. The molecule has 14 heteroatoms. The van der Waals surface area contributed by atoms with Crippen LogP contribution >= 0.6 is 0 Å². The van der Waals surface area contributed by atoms with Crippen molar-refractivity contribution >= 4 is 5.82 Å². The molecule has 0 saturated heterocycles. The number of ether oxygens (including phenoxy) is 6. The molecule has 0 amide bonds. The molecule has 0 aromatic carbocycles. The van der Waals surface area contributed by atoms with E-state index in [2.05, 4.69) is 9.97 Å². The summed E-state index contributed by atoms with van der Waals surface area (Å²) in [7, 11) is 3.20. The van der Waals surface area contributed by atoms with Gasteiger partial charge in [-0.1, -0.05) is 42.5 Å². The van der Waals surface area contributed by atoms with E-state index in [9.17, 15) is 14.4 Å². The molecular formula is C30H57N5O9. The number of aromatic amines is 1. The van der Waals surface area contributed by atoms with Crippen molar-refractivity contribution in [3.05, 3.63) is 55.8 Å². The minimum absolute atomic E-state index is 0. The van der Waals surface area contributed by atoms with Crippen LogP contribution in [0.3, 0.4) is 0 Å². The summed E-state index contributed by atoms with van der Waals surface area (Å²) in [6.45, 7) is 10.4. The van der Waals surface area contributed by atoms with Gasteiger partial charge in [-0.2, -0.15) is 4.98 Å². The molecule has 256 valence electrons. The predicted octanol–water partition coefficient (Wildman–Crippen LogP) is 3.37. The summed E-state index contributed by atoms with van der Waals surface area (Å²) in [4.78, 5) is 40.9. The van der Waals surface area contributed by atoms with Gasteiger partial charge >= 0.3 is 11.4 Å². The van der Waals surface area contributed by atoms with Gasteiger partial charge in [-0.05, 0) is 31.7 Å². The van der Waals surface area contributed by atoms with Crippen LogP contribution in [0.5, 0.6) is 0 Å². The van der Waals surface area contributed by atoms with E-state index in [0.29, 0.717) is 26.4 Å². The zero-order chi connectivity index (χ0) is 31.3. The number of methoxy groups -OCH3 is 2. The van der Waals surface area contributed by atoms with Crippen molar-refractivity contribution in [1.82, 2.24) is 19.1 Å². The predicted molar refractivity (Wildman–Crippen MR) is 172 cm³/mol. The zero-order valence-corrected chi connectivity index (χ0v) is 25.8. The first kappa shape index (κ1) is 43.2. The molecular weight excluding hydrogens is 574 g/mol. The van der Waals surface area contributed by atoms with Crippen molar-refractivity contribution in [3.8, 4) is 0 Å². The van der Waals surface area contributed by atoms with E-state index in [1.165, 1.54) is 21.4 Å². The molecule has 2 atom stereocenters. The Bertz CT molecular complexity index is 1150. The molecule has 0 unspecified atom stereocenters. The Labute approximate surface area is 261 Å². The van der Waals surface area contributed by atoms with Gasteiger partial charge in [-0.15, -0.1) is 0 Å². The highest BCUT2D eigenvalue weighted by molar-refractivity contribution is 5.23. The Morgan fingerprint density at radius 1 is 0.750 bits per heavy atom. The number of hydrogen-bond donors (Lipinski definition) is 2. The van der Waals surface area contributed by atoms with E-state index in [-0.39, 0.29) is 46.1 Å². The third kappa shape index (κ3) is 16.3. The van der Waals surface area contributed by atoms with E-state index < -0.39 is 29.4 Å². The fraction of sp³-hybridized carbons (Fsp3) is 0.733. The quantitative estimate of drug-likeness (QED) is 0.205. The van der Waals surface area contributed by atoms with Crippen LogP contribution in [-0.4, -0.2) is 85.2 Å². The van der Waals surface area contributed by atoms with Crippen LogP contribution in [0.25, 0.3) is 0 Å². The third-order valence-electron chi connectivity index (χ3n) is 6.23. The lowest BCUT2D eigenvalue weighted by atomic mass is 10.2. The first-order valence-corrected chi connectivity index (χ1v) is 14.3. The minimum atomic E-state index is -0.573. The van der Waals surface area contributed by atoms with Crippen molar-refractivity contribution in [1.29, 1.82) is 0 Å². The van der Waals surface area contributed by atoms with Gasteiger partial charge in [0.05, 0.1) is 51.8 Å². The Hall–Kier alpha value is -2.88. The average Bonchev–Trinajstić information content (AvgIpc) is 2.97. The number of rotatable bonds is 20. The van der Waals surface area contributed by atoms with Gasteiger partial charge < -0.3 is 34.2 Å². The van der Waals surface area contributed by atoms with Crippen LogP contribution < -0.4 is 22.7 Å². The molecule has 14 nitrogen and oxygen atoms in total. The second-order valence-corrected chi connectivity index (χ2v) is 9.25. The summed E-state index contributed by atoms with van der Waals surface area (Å²) in [5, 5.41) is 0. The second-order valence-electron chi connectivity index (χ2n) is 9.25. The number of nitrogen functional groups attached to an aromatic ring is 1. The second kappa shape index (κ2) is 25.4. The van der Waals surface area contributed by atoms with Crippen molar-refractivity contribution in [2.45, 2.75) is 92.9 Å². The summed E-state index contributed by atoms with van der Waals surface area (Å²) in [6, 6.07) is 2.86. The molecule has 0 saturated carbocycles. The Morgan fingerprint density at radius 2 is 1.20 bits per heavy atom. The summed E-state index contributed by atoms with van der Waals surface area (Å²) < 4.78 is 35.4. The largest absolute Gasteiger partial charge is 0.383 e. The van der Waals surface area contributed by atoms with Crippen molar-refractivity contribution in [3.63, 3.8) is 0 Å². The third-order valence-corrected chi connectivity index (χ3v) is 6.23. The van der Waals surface area contributed by atoms with Gasteiger partial charge in [0.2, 0.25) is 0 Å². The molecule has 0 aliphatic heterocycles. The van der Waals surface area contributed by atoms with E-state index in [1.54, 1.807) is 26.5 Å². The van der Waals surface area contributed by atoms with Crippen molar-refractivity contribution in [2.75, 3.05) is 59.6 Å². The highest BCUT2D eigenvalue weighted by Crippen LogP contribution is 2.15. The number of nitrogens with zero attached hydrogens (tertiary/aromatic N) is 3. The van der Waals surface area contributed by atoms with Crippen LogP contribution in [0.15, 0.2) is 38.9 Å². The van der Waals surface area contributed by atoms with Gasteiger partial charge in [0.15, 0.2) is 12.5 Å². The Morgan fingerprint density at radius 3 is 1.61 bits per heavy atom. The number of anilines is 1. The monoisotopic (exact) mass is 631 g/mol. The van der Waals surface area contributed by atoms with E-state index in [0.717, 1.165) is 25.7 Å². The lowest BCUT2D eigenvalue weighted by molar-refractivity contribution is -0.103. The fourth-order valence-corrected chi connectivity index (χ4v) is 3.73. The molecule has 0 radical (unpaired) electrons. The Kier molecular flexibility index (Phi) is 25.0. The molecule has 2 aromatic rings. The molecule has 2 rings (SSSR count). The van der Waals surface area contributed by atoms with Crippen LogP contribution in [0, 0.1) is 0 Å². The maximum atomic E-state index is 11.9. The molecule has 3 N–H and O–H groups in total. The number of aromatic nitrogens is 4. The molecule has 0 bridgehead atoms. The smallest absolute Gasteiger partial charge is 0.351 e. The summed E-state index contributed by atoms with van der Waals surface area (Å²) >= 11 is 0. The molecule has 2 aromatic heterocycles.